The number of nitrogens with zero attached hydrogens (tertiary/aromatic N) is 1. The Balaban J connectivity index is 1.75. The fraction of sp³-hybridized carbons (Fsp3) is 0.391. The van der Waals surface area contributed by atoms with Gasteiger partial charge in [0.2, 0.25) is 5.91 Å². The van der Waals surface area contributed by atoms with E-state index in [4.69, 9.17) is 0 Å². The minimum absolute atomic E-state index is 0.0182. The lowest BCUT2D eigenvalue weighted by Crippen LogP contribution is -2.55. The van der Waals surface area contributed by atoms with Gasteiger partial charge >= 0.3 is 5.97 Å². The molecule has 0 saturated heterocycles. The molecule has 4 nitrogen and oxygen atoms in total. The van der Waals surface area contributed by atoms with Crippen molar-refractivity contribution in [1.82, 2.24) is 4.90 Å². The molecule has 1 heterocycles. The number of rotatable bonds is 3. The number of carboxylic acid groups (broad SMARTS) is 1. The smallest absolute Gasteiger partial charge is 0.326 e. The Hall–Kier alpha value is -2.62. The number of fused-ring (bicyclic) bond motifs is 1. The second-order valence-electron chi connectivity index (χ2n) is 7.77. The zero-order valence-corrected chi connectivity index (χ0v) is 15.4. The number of benzene rings is 2. The second kappa shape index (κ2) is 7.18. The van der Waals surface area contributed by atoms with Crippen LogP contribution in [0.4, 0.5) is 0 Å². The highest BCUT2D eigenvalue weighted by molar-refractivity contribution is 5.92. The first-order chi connectivity index (χ1) is 13.1. The average Bonchev–Trinajstić information content (AvgIpc) is 2.73. The van der Waals surface area contributed by atoms with E-state index in [1.165, 1.54) is 0 Å². The molecule has 27 heavy (non-hydrogen) atoms. The van der Waals surface area contributed by atoms with Crippen molar-refractivity contribution < 1.29 is 14.7 Å². The molecule has 1 unspecified atom stereocenters. The summed E-state index contributed by atoms with van der Waals surface area (Å²) in [6, 6.07) is 17.0. The van der Waals surface area contributed by atoms with E-state index in [0.717, 1.165) is 48.8 Å². The van der Waals surface area contributed by atoms with Gasteiger partial charge in [0.25, 0.3) is 0 Å². The van der Waals surface area contributed by atoms with Crippen LogP contribution < -0.4 is 0 Å². The van der Waals surface area contributed by atoms with Crippen molar-refractivity contribution in [3.8, 4) is 0 Å². The third kappa shape index (κ3) is 3.14. The molecule has 1 fully saturated rings. The second-order valence-corrected chi connectivity index (χ2v) is 7.77. The molecular formula is C23H25NO3. The topological polar surface area (TPSA) is 57.6 Å². The summed E-state index contributed by atoms with van der Waals surface area (Å²) >= 11 is 0. The number of carboxylic acids is 1. The summed E-state index contributed by atoms with van der Waals surface area (Å²) in [5, 5.41) is 9.84. The normalized spacial score (nSPS) is 21.3. The van der Waals surface area contributed by atoms with Gasteiger partial charge in [-0.1, -0.05) is 73.9 Å². The molecule has 0 aromatic heterocycles. The zero-order valence-electron chi connectivity index (χ0n) is 15.4. The highest BCUT2D eigenvalue weighted by Gasteiger charge is 2.47. The van der Waals surface area contributed by atoms with Crippen molar-refractivity contribution in [1.29, 1.82) is 0 Å². The number of carbonyl (C=O) groups is 2. The quantitative estimate of drug-likeness (QED) is 0.899. The standard InChI is InChI=1S/C23H25NO3/c25-21(26)20-15-17-9-5-6-10-18(17)16-24(20)22(27)23(13-7-2-8-14-23)19-11-3-1-4-12-19/h1,3-6,9-12,20H,2,7-8,13-16H2,(H,25,26). The van der Waals surface area contributed by atoms with Crippen LogP contribution in [0.5, 0.6) is 0 Å². The monoisotopic (exact) mass is 363 g/mol. The molecule has 2 aromatic rings. The van der Waals surface area contributed by atoms with E-state index in [-0.39, 0.29) is 5.91 Å². The molecule has 0 radical (unpaired) electrons. The van der Waals surface area contributed by atoms with Crippen LogP contribution in [0.25, 0.3) is 0 Å². The molecule has 4 rings (SSSR count). The molecule has 2 aromatic carbocycles. The Morgan fingerprint density at radius 2 is 1.52 bits per heavy atom. The number of aliphatic carboxylic acids is 1. The Kier molecular flexibility index (Phi) is 4.73. The van der Waals surface area contributed by atoms with E-state index in [9.17, 15) is 14.7 Å². The van der Waals surface area contributed by atoms with Crippen LogP contribution >= 0.6 is 0 Å². The summed E-state index contributed by atoms with van der Waals surface area (Å²) in [7, 11) is 0. The highest BCUT2D eigenvalue weighted by atomic mass is 16.4. The first-order valence-electron chi connectivity index (χ1n) is 9.78. The Morgan fingerprint density at radius 3 is 2.19 bits per heavy atom. The Morgan fingerprint density at radius 1 is 0.889 bits per heavy atom. The molecular weight excluding hydrogens is 338 g/mol. The number of hydrogen-bond acceptors (Lipinski definition) is 2. The van der Waals surface area contributed by atoms with Crippen LogP contribution in [0.15, 0.2) is 54.6 Å². The number of carbonyl (C=O) groups excluding carboxylic acids is 1. The maximum atomic E-state index is 13.9. The van der Waals surface area contributed by atoms with Gasteiger partial charge < -0.3 is 10.0 Å². The largest absolute Gasteiger partial charge is 0.480 e. The van der Waals surface area contributed by atoms with Crippen LogP contribution in [0.3, 0.4) is 0 Å². The van der Waals surface area contributed by atoms with E-state index >= 15 is 0 Å². The molecule has 0 bridgehead atoms. The van der Waals surface area contributed by atoms with Gasteiger partial charge in [-0.3, -0.25) is 4.79 Å². The predicted octanol–water partition coefficient (Wildman–Crippen LogP) is 3.93. The molecule has 1 amide bonds. The molecule has 1 aliphatic heterocycles. The Bertz CT molecular complexity index is 840. The van der Waals surface area contributed by atoms with E-state index < -0.39 is 17.4 Å². The summed E-state index contributed by atoms with van der Waals surface area (Å²) in [4.78, 5) is 27.5. The molecule has 0 spiro atoms. The van der Waals surface area contributed by atoms with E-state index in [0.29, 0.717) is 13.0 Å². The van der Waals surface area contributed by atoms with E-state index in [1.807, 2.05) is 54.6 Å². The minimum atomic E-state index is -0.920. The van der Waals surface area contributed by atoms with Crippen molar-refractivity contribution in [2.45, 2.75) is 56.5 Å². The predicted molar refractivity (Wildman–Crippen MR) is 103 cm³/mol. The number of hydrogen-bond donors (Lipinski definition) is 1. The van der Waals surface area contributed by atoms with Crippen LogP contribution in [0.1, 0.15) is 48.8 Å². The summed E-state index contributed by atoms with van der Waals surface area (Å²) in [5.41, 5.74) is 2.52. The van der Waals surface area contributed by atoms with Crippen LogP contribution in [-0.2, 0) is 28.0 Å². The SMILES string of the molecule is O=C(O)C1Cc2ccccc2CN1C(=O)C1(c2ccccc2)CCCCC1. The third-order valence-corrected chi connectivity index (χ3v) is 6.24. The highest BCUT2D eigenvalue weighted by Crippen LogP contribution is 2.42. The lowest BCUT2D eigenvalue weighted by atomic mass is 9.68. The van der Waals surface area contributed by atoms with Crippen LogP contribution in [0.2, 0.25) is 0 Å². The van der Waals surface area contributed by atoms with E-state index in [2.05, 4.69) is 0 Å². The lowest BCUT2D eigenvalue weighted by molar-refractivity contribution is -0.155. The summed E-state index contributed by atoms with van der Waals surface area (Å²) in [6.07, 6.45) is 5.10. The van der Waals surface area contributed by atoms with Gasteiger partial charge in [-0.15, -0.1) is 0 Å². The van der Waals surface area contributed by atoms with E-state index in [1.54, 1.807) is 4.90 Å². The van der Waals surface area contributed by atoms with Crippen LogP contribution in [0, 0.1) is 0 Å². The average molecular weight is 363 g/mol. The van der Waals surface area contributed by atoms with Crippen LogP contribution in [-0.4, -0.2) is 27.9 Å². The summed E-state index contributed by atoms with van der Waals surface area (Å²) < 4.78 is 0. The third-order valence-electron chi connectivity index (χ3n) is 6.24. The summed E-state index contributed by atoms with van der Waals surface area (Å²) in [6.45, 7) is 0.376. The molecule has 4 heteroatoms. The fourth-order valence-electron chi connectivity index (χ4n) is 4.77. The molecule has 1 aliphatic carbocycles. The fourth-order valence-corrected chi connectivity index (χ4v) is 4.77. The van der Waals surface area contributed by atoms with Gasteiger partial charge in [-0.25, -0.2) is 4.79 Å². The van der Waals surface area contributed by atoms with Crippen molar-refractivity contribution >= 4 is 11.9 Å². The Labute approximate surface area is 159 Å². The van der Waals surface area contributed by atoms with Crippen molar-refractivity contribution in [3.05, 3.63) is 71.3 Å². The molecule has 1 atom stereocenters. The number of amides is 1. The van der Waals surface area contributed by atoms with Gasteiger partial charge in [-0.05, 0) is 29.5 Å². The van der Waals surface area contributed by atoms with Gasteiger partial charge in [-0.2, -0.15) is 0 Å². The molecule has 1 N–H and O–H groups in total. The van der Waals surface area contributed by atoms with Gasteiger partial charge in [0.15, 0.2) is 0 Å². The molecule has 1 saturated carbocycles. The first-order valence-corrected chi connectivity index (χ1v) is 9.78. The van der Waals surface area contributed by atoms with Gasteiger partial charge in [0, 0.05) is 13.0 Å². The van der Waals surface area contributed by atoms with Gasteiger partial charge in [0.1, 0.15) is 6.04 Å². The first kappa shape index (κ1) is 17.8. The van der Waals surface area contributed by atoms with Gasteiger partial charge in [0.05, 0.1) is 5.41 Å². The van der Waals surface area contributed by atoms with Crippen molar-refractivity contribution in [2.75, 3.05) is 0 Å². The minimum Gasteiger partial charge on any atom is -0.480 e. The zero-order chi connectivity index (χ0) is 18.9. The maximum Gasteiger partial charge on any atom is 0.326 e. The summed E-state index contributed by atoms with van der Waals surface area (Å²) in [5.74, 6) is -0.938. The molecule has 2 aliphatic rings. The molecule has 140 valence electrons. The van der Waals surface area contributed by atoms with Crippen molar-refractivity contribution in [2.24, 2.45) is 0 Å². The maximum absolute atomic E-state index is 13.9. The lowest BCUT2D eigenvalue weighted by Gasteiger charge is -2.44. The van der Waals surface area contributed by atoms with Crippen molar-refractivity contribution in [3.63, 3.8) is 0 Å².